The number of carbonyl (C=O) groups excluding carboxylic acids is 8. The van der Waals surface area contributed by atoms with Crippen LogP contribution >= 0.6 is 11.3 Å². The van der Waals surface area contributed by atoms with Gasteiger partial charge in [-0.25, -0.2) is 24.4 Å². The fourth-order valence-electron chi connectivity index (χ4n) is 17.0. The van der Waals surface area contributed by atoms with Crippen molar-refractivity contribution < 1.29 is 67.6 Å². The zero-order valence-corrected chi connectivity index (χ0v) is 59.1. The number of carbonyl (C=O) groups is 10. The van der Waals surface area contributed by atoms with Gasteiger partial charge in [-0.1, -0.05) is 81.9 Å². The van der Waals surface area contributed by atoms with Gasteiger partial charge in [-0.3, -0.25) is 53.4 Å². The van der Waals surface area contributed by atoms with E-state index in [0.29, 0.717) is 77.5 Å². The molecule has 4 aliphatic carbocycles. The summed E-state index contributed by atoms with van der Waals surface area (Å²) in [6.45, 7) is 11.8. The average molecular weight is 1420 g/mol. The third-order valence-corrected chi connectivity index (χ3v) is 21.4. The summed E-state index contributed by atoms with van der Waals surface area (Å²) in [5.41, 5.74) is 10.8. The first kappa shape index (κ1) is 73.5. The topological polar surface area (TPSA) is 366 Å². The third kappa shape index (κ3) is 17.6. The van der Waals surface area contributed by atoms with Crippen molar-refractivity contribution >= 4 is 97.4 Å². The molecule has 3 unspecified atom stereocenters. The molecule has 3 aromatic heterocycles. The van der Waals surface area contributed by atoms with E-state index in [1.807, 2.05) is 60.1 Å². The van der Waals surface area contributed by atoms with Crippen molar-refractivity contribution in [2.45, 2.75) is 168 Å². The smallest absolute Gasteiger partial charge is 0.355 e. The lowest BCUT2D eigenvalue weighted by atomic mass is 9.39. The van der Waals surface area contributed by atoms with Crippen LogP contribution in [0.3, 0.4) is 0 Å². The number of aryl methyl sites for hydroxylation is 1. The van der Waals surface area contributed by atoms with E-state index in [1.165, 1.54) is 23.5 Å². The Morgan fingerprint density at radius 2 is 1.54 bits per heavy atom. The lowest BCUT2D eigenvalue weighted by molar-refractivity contribution is -0.247. The quantitative estimate of drug-likeness (QED) is 0.0108. The Morgan fingerprint density at radius 3 is 2.25 bits per heavy atom. The molecule has 12 rings (SSSR count). The Kier molecular flexibility index (Phi) is 22.5. The molecule has 26 nitrogen and oxygen atoms in total. The number of para-hydroxylation sites is 1. The van der Waals surface area contributed by atoms with E-state index in [4.69, 9.17) is 25.3 Å². The first-order valence-corrected chi connectivity index (χ1v) is 35.9. The molecule has 4 fully saturated rings. The maximum absolute atomic E-state index is 13.9. The van der Waals surface area contributed by atoms with Crippen LogP contribution in [0.1, 0.15) is 151 Å². The number of hydrogen-bond acceptors (Lipinski definition) is 17. The highest BCUT2D eigenvalue weighted by molar-refractivity contribution is 7.22. The summed E-state index contributed by atoms with van der Waals surface area (Å²) in [6, 6.07) is 20.5. The highest BCUT2D eigenvalue weighted by Gasteiger charge is 2.66. The van der Waals surface area contributed by atoms with E-state index in [1.54, 1.807) is 55.3 Å². The normalized spacial score (nSPS) is 21.2. The maximum Gasteiger partial charge on any atom is 0.355 e. The van der Waals surface area contributed by atoms with E-state index in [2.05, 4.69) is 45.4 Å². The number of nitrogens with one attached hydrogen (secondary N) is 5. The summed E-state index contributed by atoms with van der Waals surface area (Å²) < 4.78 is 15.6. The number of carboxylic acid groups (broad SMARTS) is 2. The van der Waals surface area contributed by atoms with Crippen LogP contribution in [0.5, 0.6) is 0 Å². The molecule has 0 saturated heterocycles. The third-order valence-electron chi connectivity index (χ3n) is 20.4. The molecule has 27 heteroatoms. The molecule has 4 bridgehead atoms. The van der Waals surface area contributed by atoms with Crippen molar-refractivity contribution in [3.8, 4) is 22.4 Å². The average Bonchev–Trinajstić information content (AvgIpc) is 0.791. The van der Waals surface area contributed by atoms with Crippen LogP contribution in [0.15, 0.2) is 97.2 Å². The molecule has 5 heterocycles. The zero-order valence-electron chi connectivity index (χ0n) is 58.3. The molecule has 0 radical (unpaired) electrons. The number of pyridine rings is 1. The Balaban J connectivity index is 0.677. The lowest BCUT2D eigenvalue weighted by Crippen LogP contribution is -2.64. The number of benzene rings is 3. The number of imide groups is 1. The predicted molar refractivity (Wildman–Crippen MR) is 382 cm³/mol. The second-order valence-electron chi connectivity index (χ2n) is 29.4. The molecular weight excluding hydrogens is 1320 g/mol. The van der Waals surface area contributed by atoms with Gasteiger partial charge in [-0.05, 0) is 160 Å². The van der Waals surface area contributed by atoms with E-state index in [-0.39, 0.29) is 110 Å². The molecule has 9 N–H and O–H groups in total. The molecule has 3 aromatic carbocycles. The fraction of sp³-hybridized carbons (Fsp3) is 0.480. The van der Waals surface area contributed by atoms with Crippen LogP contribution in [-0.2, 0) is 62.6 Å². The van der Waals surface area contributed by atoms with Gasteiger partial charge in [-0.15, -0.1) is 0 Å². The molecule has 2 aliphatic heterocycles. The van der Waals surface area contributed by atoms with Crippen molar-refractivity contribution in [2.24, 2.45) is 33.8 Å². The molecule has 5 atom stereocenters. The van der Waals surface area contributed by atoms with Gasteiger partial charge in [0.1, 0.15) is 12.6 Å². The number of primary amides is 1. The number of amides is 8. The minimum absolute atomic E-state index is 0.0517. The fourth-order valence-corrected chi connectivity index (χ4v) is 17.8. The van der Waals surface area contributed by atoms with Crippen molar-refractivity contribution in [3.63, 3.8) is 0 Å². The van der Waals surface area contributed by atoms with Gasteiger partial charge in [0, 0.05) is 97.4 Å². The number of hydrogen-bond donors (Lipinski definition) is 8. The minimum atomic E-state index is -1.20. The van der Waals surface area contributed by atoms with Crippen molar-refractivity contribution in [2.75, 3.05) is 48.3 Å². The van der Waals surface area contributed by atoms with E-state index < -0.39 is 59.9 Å². The maximum atomic E-state index is 13.9. The Bertz CT molecular complexity index is 4170. The van der Waals surface area contributed by atoms with Crippen molar-refractivity contribution in [3.05, 3.63) is 120 Å². The molecule has 6 aliphatic rings. The number of nitrogens with two attached hydrogens (primary N) is 1. The number of rotatable bonds is 33. The molecule has 0 spiro atoms. The summed E-state index contributed by atoms with van der Waals surface area (Å²) >= 11 is 1.41. The molecule has 8 amide bonds. The molecule has 102 heavy (non-hydrogen) atoms. The zero-order chi connectivity index (χ0) is 72.7. The number of ether oxygens (including phenoxy) is 2. The number of aromatic nitrogens is 4. The number of ketones is 1. The van der Waals surface area contributed by atoms with Crippen LogP contribution in [0.25, 0.3) is 32.6 Å². The van der Waals surface area contributed by atoms with E-state index in [0.717, 1.165) is 83.4 Å². The minimum Gasteiger partial charge on any atom is -0.481 e. The summed E-state index contributed by atoms with van der Waals surface area (Å²) in [4.78, 5) is 141. The number of unbranched alkanes of at least 4 members (excludes halogenated alkanes) is 2. The number of nitrogens with zero attached hydrogens (tertiary/aromatic N) is 6. The standard InChI is InChI=1S/C75H90N12O14S/c1-45(2)64(83-60(89)17-7-6-10-30-86-61(90)26-27-62(86)91)58(88)34-50(13-11-28-78-69(76)98)66(94)80-51-22-18-47(19-23-51)37-100-68(97)56(35-63(92)93)77-29-32-101-75-41-72(4)38-73(5,42-75)40-74(39-72,43-75)44-87-46(3)53(36-79-87)52-24-25-54(81-65(52)67(95)96)49-21-20-48-14-12-31-85(57(48)33-49)71(99)84-70-82-55-15-8-9-16-59(55)102-70/h8-9,15-16,18-27,33,36,45,50,56,64,77H,6-7,10-14,17,28-32,34-35,37-44H2,1-5H3,(H,80,94)(H,83,89)(H,92,93)(H,95,96)(H3,76,78,98)(H,82,84,99)/t50-,56?,64+,72?,73?,74?,75?/m1/s1. The Morgan fingerprint density at radius 1 is 0.794 bits per heavy atom. The monoisotopic (exact) mass is 1410 g/mol. The summed E-state index contributed by atoms with van der Waals surface area (Å²) in [5.74, 6) is -6.24. The van der Waals surface area contributed by atoms with E-state index in [9.17, 15) is 58.2 Å². The van der Waals surface area contributed by atoms with Crippen LogP contribution in [0.2, 0.25) is 0 Å². The molecule has 6 aromatic rings. The van der Waals surface area contributed by atoms with E-state index >= 15 is 0 Å². The highest BCUT2D eigenvalue weighted by Crippen LogP contribution is 2.72. The summed E-state index contributed by atoms with van der Waals surface area (Å²) in [7, 11) is 0. The largest absolute Gasteiger partial charge is 0.481 e. The first-order chi connectivity index (χ1) is 48.7. The number of fused-ring (bicyclic) bond motifs is 2. The van der Waals surface area contributed by atoms with Gasteiger partial charge in [-0.2, -0.15) is 5.10 Å². The number of Topliss-reactive ketones (excluding diaryl/α,β-unsaturated/α-hetero) is 1. The Hall–Kier alpha value is -9.73. The SMILES string of the molecule is Cc1c(-c2ccc(-c3ccc4c(c3)N(C(=O)Nc3nc5ccccc5s3)CCC4)nc2C(=O)O)cnn1CC12CC3(C)CC(C)(C1)CC(OCCNC(CC(=O)O)C(=O)OCc1ccc(NC(=O)[C@H](CCCNC(N)=O)CC(=O)[C@@H](NC(=O)CCCCCN4C(=O)C=CC4=O)C(C)C)cc1)(C3)C2. The van der Waals surface area contributed by atoms with Crippen molar-refractivity contribution in [1.82, 2.24) is 40.6 Å². The highest BCUT2D eigenvalue weighted by atomic mass is 32.1. The molecule has 4 saturated carbocycles. The van der Waals surface area contributed by atoms with Crippen LogP contribution in [0.4, 0.5) is 26.1 Å². The first-order valence-electron chi connectivity index (χ1n) is 35.1. The lowest BCUT2D eigenvalue weighted by Gasteiger charge is -2.69. The number of urea groups is 2. The number of aliphatic carboxylic acids is 1. The van der Waals surface area contributed by atoms with Crippen LogP contribution < -0.4 is 37.2 Å². The number of carboxylic acids is 2. The van der Waals surface area contributed by atoms with Gasteiger partial charge in [0.15, 0.2) is 16.6 Å². The Labute approximate surface area is 595 Å². The number of thiazole rings is 1. The van der Waals surface area contributed by atoms with Gasteiger partial charge < -0.3 is 46.7 Å². The second kappa shape index (κ2) is 31.3. The second-order valence-corrected chi connectivity index (χ2v) is 30.4. The molecule has 540 valence electrons. The number of esters is 1. The predicted octanol–water partition coefficient (Wildman–Crippen LogP) is 10.1. The van der Waals surface area contributed by atoms with Gasteiger partial charge in [0.05, 0.1) is 46.8 Å². The van der Waals surface area contributed by atoms with Gasteiger partial charge >= 0.3 is 30.0 Å². The number of aromatic carboxylic acids is 1. The van der Waals surface area contributed by atoms with Crippen LogP contribution in [0, 0.1) is 35.0 Å². The molecular formula is C75H90N12O14S. The number of anilines is 3. The van der Waals surface area contributed by atoms with Gasteiger partial charge in [0.2, 0.25) is 11.8 Å². The van der Waals surface area contributed by atoms with Gasteiger partial charge in [0.25, 0.3) is 11.8 Å². The van der Waals surface area contributed by atoms with Crippen LogP contribution in [-0.4, -0.2) is 145 Å². The summed E-state index contributed by atoms with van der Waals surface area (Å²) in [6.07, 6.45) is 12.5. The summed E-state index contributed by atoms with van der Waals surface area (Å²) in [5, 5.41) is 40.3. The van der Waals surface area contributed by atoms with Crippen molar-refractivity contribution in [1.29, 1.82) is 0 Å².